The Morgan fingerprint density at radius 3 is 2.92 bits per heavy atom. The van der Waals surface area contributed by atoms with Crippen LogP contribution in [0.4, 0.5) is 0 Å². The largest absolute Gasteiger partial charge is 0.454 e. The molecule has 2 aliphatic heterocycles. The van der Waals surface area contributed by atoms with Gasteiger partial charge < -0.3 is 14.4 Å². The highest BCUT2D eigenvalue weighted by atomic mass is 16.7. The molecule has 3 aliphatic rings. The van der Waals surface area contributed by atoms with Crippen LogP contribution in [0.25, 0.3) is 6.08 Å². The Labute approximate surface area is 145 Å². The summed E-state index contributed by atoms with van der Waals surface area (Å²) < 4.78 is 12.7. The van der Waals surface area contributed by atoms with Crippen molar-refractivity contribution in [2.75, 3.05) is 13.3 Å². The summed E-state index contributed by atoms with van der Waals surface area (Å²) in [5.74, 6) is 2.15. The lowest BCUT2D eigenvalue weighted by atomic mass is 10.2. The molecule has 0 spiro atoms. The number of nitrogens with zero attached hydrogens (tertiary/aromatic N) is 3. The van der Waals surface area contributed by atoms with Crippen LogP contribution in [0.15, 0.2) is 30.3 Å². The van der Waals surface area contributed by atoms with Gasteiger partial charge in [0, 0.05) is 18.5 Å². The number of fused-ring (bicyclic) bond motifs is 2. The minimum absolute atomic E-state index is 0.0260. The fourth-order valence-corrected chi connectivity index (χ4v) is 3.35. The second-order valence-corrected chi connectivity index (χ2v) is 6.76. The Bertz CT molecular complexity index is 867. The van der Waals surface area contributed by atoms with Crippen molar-refractivity contribution in [2.45, 2.75) is 31.8 Å². The average Bonchev–Trinajstić information content (AvgIpc) is 3.23. The second-order valence-electron chi connectivity index (χ2n) is 6.76. The monoisotopic (exact) mass is 337 g/mol. The molecule has 6 nitrogen and oxygen atoms in total. The molecule has 0 saturated heterocycles. The maximum absolute atomic E-state index is 12.5. The van der Waals surface area contributed by atoms with E-state index in [1.807, 2.05) is 29.2 Å². The number of carbonyl (C=O) groups excluding carboxylic acids is 1. The van der Waals surface area contributed by atoms with E-state index in [9.17, 15) is 4.79 Å². The van der Waals surface area contributed by atoms with E-state index in [2.05, 4.69) is 15.8 Å². The van der Waals surface area contributed by atoms with Gasteiger partial charge in [-0.2, -0.15) is 5.10 Å². The van der Waals surface area contributed by atoms with Gasteiger partial charge in [0.25, 0.3) is 0 Å². The molecule has 0 N–H and O–H groups in total. The zero-order valence-electron chi connectivity index (χ0n) is 13.9. The van der Waals surface area contributed by atoms with Crippen molar-refractivity contribution in [3.05, 3.63) is 47.3 Å². The van der Waals surface area contributed by atoms with Crippen LogP contribution in [0.1, 0.15) is 35.7 Å². The fraction of sp³-hybridized carbons (Fsp3) is 0.368. The Kier molecular flexibility index (Phi) is 3.29. The third-order valence-corrected chi connectivity index (χ3v) is 4.94. The predicted molar refractivity (Wildman–Crippen MR) is 91.2 cm³/mol. The first kappa shape index (κ1) is 14.6. The highest BCUT2D eigenvalue weighted by Gasteiger charge is 2.29. The van der Waals surface area contributed by atoms with Gasteiger partial charge in [0.15, 0.2) is 11.5 Å². The van der Waals surface area contributed by atoms with Crippen molar-refractivity contribution >= 4 is 12.0 Å². The third-order valence-electron chi connectivity index (χ3n) is 4.94. The fourth-order valence-electron chi connectivity index (χ4n) is 3.35. The van der Waals surface area contributed by atoms with Crippen molar-refractivity contribution < 1.29 is 14.3 Å². The van der Waals surface area contributed by atoms with Gasteiger partial charge >= 0.3 is 0 Å². The highest BCUT2D eigenvalue weighted by molar-refractivity contribution is 5.91. The Morgan fingerprint density at radius 1 is 1.16 bits per heavy atom. The lowest BCUT2D eigenvalue weighted by Gasteiger charge is -2.26. The summed E-state index contributed by atoms with van der Waals surface area (Å²) in [6, 6.07) is 7.84. The second kappa shape index (κ2) is 5.65. The maximum atomic E-state index is 12.5. The van der Waals surface area contributed by atoms with Gasteiger partial charge in [-0.1, -0.05) is 6.07 Å². The number of amides is 1. The van der Waals surface area contributed by atoms with E-state index < -0.39 is 0 Å². The van der Waals surface area contributed by atoms with E-state index in [4.69, 9.17) is 9.47 Å². The van der Waals surface area contributed by atoms with Gasteiger partial charge in [0.2, 0.25) is 12.7 Å². The van der Waals surface area contributed by atoms with Crippen molar-refractivity contribution in [1.29, 1.82) is 0 Å². The summed E-state index contributed by atoms with van der Waals surface area (Å²) in [5.41, 5.74) is 3.26. The van der Waals surface area contributed by atoms with Crippen LogP contribution in [0, 0.1) is 0 Å². The molecule has 1 amide bonds. The van der Waals surface area contributed by atoms with Crippen LogP contribution in [-0.4, -0.2) is 33.9 Å². The average molecular weight is 337 g/mol. The van der Waals surface area contributed by atoms with Crippen molar-refractivity contribution in [2.24, 2.45) is 0 Å². The number of rotatable bonds is 3. The van der Waals surface area contributed by atoms with Crippen LogP contribution in [-0.2, 0) is 17.9 Å². The van der Waals surface area contributed by atoms with Gasteiger partial charge in [-0.25, -0.2) is 0 Å². The summed E-state index contributed by atoms with van der Waals surface area (Å²) in [7, 11) is 0. The normalized spacial score (nSPS) is 18.6. The van der Waals surface area contributed by atoms with E-state index in [0.29, 0.717) is 19.0 Å². The number of hydrogen-bond acceptors (Lipinski definition) is 4. The van der Waals surface area contributed by atoms with Gasteiger partial charge in [-0.15, -0.1) is 0 Å². The molecule has 1 saturated carbocycles. The molecule has 1 aromatic heterocycles. The van der Waals surface area contributed by atoms with Gasteiger partial charge in [0.1, 0.15) is 0 Å². The molecule has 0 atom stereocenters. The minimum Gasteiger partial charge on any atom is -0.454 e. The zero-order valence-corrected chi connectivity index (χ0v) is 13.9. The first-order valence-electron chi connectivity index (χ1n) is 8.69. The summed E-state index contributed by atoms with van der Waals surface area (Å²) in [6.45, 7) is 2.35. The molecule has 128 valence electrons. The number of benzene rings is 1. The van der Waals surface area contributed by atoms with Crippen molar-refractivity contribution in [3.8, 4) is 11.5 Å². The van der Waals surface area contributed by atoms with E-state index in [1.54, 1.807) is 6.08 Å². The molecule has 5 rings (SSSR count). The van der Waals surface area contributed by atoms with Crippen LogP contribution < -0.4 is 9.47 Å². The molecule has 0 unspecified atom stereocenters. The first-order chi connectivity index (χ1) is 12.3. The summed E-state index contributed by atoms with van der Waals surface area (Å²) >= 11 is 0. The maximum Gasteiger partial charge on any atom is 0.246 e. The van der Waals surface area contributed by atoms with Crippen LogP contribution in [0.5, 0.6) is 11.5 Å². The Hall–Kier alpha value is -2.76. The van der Waals surface area contributed by atoms with Crippen molar-refractivity contribution in [3.63, 3.8) is 0 Å². The first-order valence-corrected chi connectivity index (χ1v) is 8.69. The van der Waals surface area contributed by atoms with Gasteiger partial charge in [-0.05, 0) is 42.7 Å². The Morgan fingerprint density at radius 2 is 2.04 bits per heavy atom. The topological polar surface area (TPSA) is 56.6 Å². The number of aromatic nitrogens is 2. The van der Waals surface area contributed by atoms with Crippen LogP contribution in [0.3, 0.4) is 0 Å². The SMILES string of the molecule is O=C(C=Cc1ccc2c(c1)OCO2)N1CCn2nc(C3CC3)cc2C1. The van der Waals surface area contributed by atoms with E-state index in [-0.39, 0.29) is 12.7 Å². The summed E-state index contributed by atoms with van der Waals surface area (Å²) in [5, 5.41) is 4.67. The van der Waals surface area contributed by atoms with Crippen LogP contribution in [0.2, 0.25) is 0 Å². The van der Waals surface area contributed by atoms with Gasteiger partial charge in [0.05, 0.1) is 24.5 Å². The molecule has 2 aromatic rings. The quantitative estimate of drug-likeness (QED) is 0.808. The lowest BCUT2D eigenvalue weighted by Crippen LogP contribution is -2.37. The standard InChI is InChI=1S/C19H19N3O3/c23-19(6-2-13-1-5-17-18(9-13)25-12-24-17)21-7-8-22-15(11-21)10-16(20-22)14-3-4-14/h1-2,5-6,9-10,14H,3-4,7-8,11-12H2. The predicted octanol–water partition coefficient (Wildman–Crippen LogP) is 2.54. The highest BCUT2D eigenvalue weighted by Crippen LogP contribution is 2.39. The molecular weight excluding hydrogens is 318 g/mol. The smallest absolute Gasteiger partial charge is 0.246 e. The molecule has 6 heteroatoms. The summed E-state index contributed by atoms with van der Waals surface area (Å²) in [6.07, 6.45) is 5.95. The van der Waals surface area contributed by atoms with E-state index in [1.165, 1.54) is 18.5 Å². The number of hydrogen-bond donors (Lipinski definition) is 0. The lowest BCUT2D eigenvalue weighted by molar-refractivity contribution is -0.127. The molecular formula is C19H19N3O3. The summed E-state index contributed by atoms with van der Waals surface area (Å²) in [4.78, 5) is 14.4. The molecule has 1 fully saturated rings. The molecule has 3 heterocycles. The minimum atomic E-state index is 0.0260. The van der Waals surface area contributed by atoms with Crippen molar-refractivity contribution in [1.82, 2.24) is 14.7 Å². The number of ether oxygens (including phenoxy) is 2. The molecule has 25 heavy (non-hydrogen) atoms. The molecule has 1 aliphatic carbocycles. The molecule has 1 aromatic carbocycles. The van der Waals surface area contributed by atoms with Crippen LogP contribution >= 0.6 is 0 Å². The van der Waals surface area contributed by atoms with E-state index in [0.717, 1.165) is 29.3 Å². The number of carbonyl (C=O) groups is 1. The Balaban J connectivity index is 1.28. The van der Waals surface area contributed by atoms with E-state index >= 15 is 0 Å². The third kappa shape index (κ3) is 2.77. The van der Waals surface area contributed by atoms with Gasteiger partial charge in [-0.3, -0.25) is 9.48 Å². The molecule has 0 bridgehead atoms. The zero-order chi connectivity index (χ0) is 16.8. The molecule has 0 radical (unpaired) electrons.